The molecule has 1 heterocycles. The van der Waals surface area contributed by atoms with Crippen LogP contribution >= 0.6 is 0 Å². The summed E-state index contributed by atoms with van der Waals surface area (Å²) in [5.74, 6) is 0.722. The van der Waals surface area contributed by atoms with Gasteiger partial charge < -0.3 is 15.0 Å². The average Bonchev–Trinajstić information content (AvgIpc) is 3.01. The lowest BCUT2D eigenvalue weighted by Gasteiger charge is -2.07. The predicted molar refractivity (Wildman–Crippen MR) is 82.5 cm³/mol. The van der Waals surface area contributed by atoms with Gasteiger partial charge in [-0.3, -0.25) is 4.79 Å². The van der Waals surface area contributed by atoms with Gasteiger partial charge in [-0.25, -0.2) is 0 Å². The van der Waals surface area contributed by atoms with E-state index in [0.29, 0.717) is 12.1 Å². The molecule has 0 bridgehead atoms. The number of nitrogens with one attached hydrogen (secondary N) is 2. The highest BCUT2D eigenvalue weighted by molar-refractivity contribution is 6.05. The number of ether oxygens (including phenoxy) is 1. The molecule has 0 unspecified atom stereocenters. The normalized spacial score (nSPS) is 10.5. The molecular weight excluding hydrogens is 264 g/mol. The van der Waals surface area contributed by atoms with Crippen LogP contribution in [0.3, 0.4) is 0 Å². The van der Waals surface area contributed by atoms with Gasteiger partial charge in [-0.1, -0.05) is 24.3 Å². The number of benzene rings is 2. The molecule has 0 saturated heterocycles. The van der Waals surface area contributed by atoms with Crippen molar-refractivity contribution < 1.29 is 9.53 Å². The molecule has 0 atom stereocenters. The number of rotatable bonds is 4. The summed E-state index contributed by atoms with van der Waals surface area (Å²) in [6, 6.07) is 15.3. The Bertz CT molecular complexity index is 760. The van der Waals surface area contributed by atoms with Crippen LogP contribution in [0.4, 0.5) is 0 Å². The molecule has 0 radical (unpaired) electrons. The molecule has 0 aliphatic rings. The van der Waals surface area contributed by atoms with Gasteiger partial charge in [0.05, 0.1) is 18.2 Å². The lowest BCUT2D eigenvalue weighted by Crippen LogP contribution is -2.23. The van der Waals surface area contributed by atoms with Crippen LogP contribution in [-0.2, 0) is 6.54 Å². The SMILES string of the molecule is COc1ccc(CNC(=O)c2cccc3cc[nH]c23)cc1. The molecule has 0 aliphatic carbocycles. The fourth-order valence-electron chi connectivity index (χ4n) is 2.30. The van der Waals surface area contributed by atoms with E-state index in [1.54, 1.807) is 7.11 Å². The van der Waals surface area contributed by atoms with Crippen LogP contribution in [0.15, 0.2) is 54.7 Å². The zero-order valence-electron chi connectivity index (χ0n) is 11.7. The van der Waals surface area contributed by atoms with Crippen molar-refractivity contribution in [1.29, 1.82) is 0 Å². The van der Waals surface area contributed by atoms with Crippen LogP contribution in [0, 0.1) is 0 Å². The van der Waals surface area contributed by atoms with E-state index in [1.807, 2.05) is 54.7 Å². The number of methoxy groups -OCH3 is 1. The third-order valence-electron chi connectivity index (χ3n) is 3.44. The topological polar surface area (TPSA) is 54.1 Å². The van der Waals surface area contributed by atoms with Gasteiger partial charge in [0.25, 0.3) is 5.91 Å². The fraction of sp³-hybridized carbons (Fsp3) is 0.118. The Kier molecular flexibility index (Phi) is 3.60. The van der Waals surface area contributed by atoms with Gasteiger partial charge in [0.2, 0.25) is 0 Å². The van der Waals surface area contributed by atoms with E-state index < -0.39 is 0 Å². The van der Waals surface area contributed by atoms with Crippen molar-refractivity contribution >= 4 is 16.8 Å². The first-order valence-corrected chi connectivity index (χ1v) is 6.75. The van der Waals surface area contributed by atoms with Crippen molar-refractivity contribution in [2.24, 2.45) is 0 Å². The summed E-state index contributed by atoms with van der Waals surface area (Å²) in [6.07, 6.45) is 1.84. The number of aromatic nitrogens is 1. The van der Waals surface area contributed by atoms with Crippen LogP contribution in [0.2, 0.25) is 0 Å². The summed E-state index contributed by atoms with van der Waals surface area (Å²) in [7, 11) is 1.63. The maximum absolute atomic E-state index is 12.3. The summed E-state index contributed by atoms with van der Waals surface area (Å²) in [6.45, 7) is 0.486. The zero-order valence-corrected chi connectivity index (χ0v) is 11.7. The number of fused-ring (bicyclic) bond motifs is 1. The molecule has 0 spiro atoms. The number of para-hydroxylation sites is 1. The van der Waals surface area contributed by atoms with Crippen molar-refractivity contribution in [3.8, 4) is 5.75 Å². The number of aromatic amines is 1. The molecule has 21 heavy (non-hydrogen) atoms. The highest BCUT2D eigenvalue weighted by Crippen LogP contribution is 2.17. The summed E-state index contributed by atoms with van der Waals surface area (Å²) < 4.78 is 5.11. The van der Waals surface area contributed by atoms with E-state index >= 15 is 0 Å². The molecule has 3 rings (SSSR count). The molecule has 0 aliphatic heterocycles. The molecule has 1 amide bonds. The van der Waals surface area contributed by atoms with E-state index in [9.17, 15) is 4.79 Å². The number of amides is 1. The Morgan fingerprint density at radius 1 is 1.14 bits per heavy atom. The lowest BCUT2D eigenvalue weighted by atomic mass is 10.1. The van der Waals surface area contributed by atoms with E-state index in [4.69, 9.17) is 4.74 Å². The summed E-state index contributed by atoms with van der Waals surface area (Å²) in [5.41, 5.74) is 2.55. The number of hydrogen-bond acceptors (Lipinski definition) is 2. The molecule has 3 aromatic rings. The maximum Gasteiger partial charge on any atom is 0.253 e. The molecule has 2 N–H and O–H groups in total. The Balaban J connectivity index is 1.72. The number of carbonyl (C=O) groups excluding carboxylic acids is 1. The van der Waals surface area contributed by atoms with Gasteiger partial charge in [-0.15, -0.1) is 0 Å². The summed E-state index contributed by atoms with van der Waals surface area (Å²) >= 11 is 0. The van der Waals surface area contributed by atoms with E-state index in [2.05, 4.69) is 10.3 Å². The van der Waals surface area contributed by atoms with Crippen LogP contribution in [-0.4, -0.2) is 18.0 Å². The highest BCUT2D eigenvalue weighted by atomic mass is 16.5. The average molecular weight is 280 g/mol. The molecule has 0 fully saturated rings. The molecular formula is C17H16N2O2. The fourth-order valence-corrected chi connectivity index (χ4v) is 2.30. The van der Waals surface area contributed by atoms with Gasteiger partial charge in [0, 0.05) is 18.1 Å². The summed E-state index contributed by atoms with van der Waals surface area (Å²) in [4.78, 5) is 15.4. The van der Waals surface area contributed by atoms with Crippen molar-refractivity contribution in [2.75, 3.05) is 7.11 Å². The van der Waals surface area contributed by atoms with Gasteiger partial charge in [0.1, 0.15) is 5.75 Å². The van der Waals surface area contributed by atoms with Crippen LogP contribution in [0.5, 0.6) is 5.75 Å². The molecule has 2 aromatic carbocycles. The van der Waals surface area contributed by atoms with Gasteiger partial charge in [-0.2, -0.15) is 0 Å². The standard InChI is InChI=1S/C17H16N2O2/c1-21-14-7-5-12(6-8-14)11-19-17(20)15-4-2-3-13-9-10-18-16(13)15/h2-10,18H,11H2,1H3,(H,19,20). The second-order valence-electron chi connectivity index (χ2n) is 4.78. The second kappa shape index (κ2) is 5.71. The molecule has 106 valence electrons. The first-order valence-electron chi connectivity index (χ1n) is 6.75. The largest absolute Gasteiger partial charge is 0.497 e. The predicted octanol–water partition coefficient (Wildman–Crippen LogP) is 3.11. The van der Waals surface area contributed by atoms with Crippen LogP contribution in [0.1, 0.15) is 15.9 Å². The molecule has 1 aromatic heterocycles. The highest BCUT2D eigenvalue weighted by Gasteiger charge is 2.10. The van der Waals surface area contributed by atoms with Crippen molar-refractivity contribution in [3.05, 3.63) is 65.9 Å². The Hall–Kier alpha value is -2.75. The molecule has 4 nitrogen and oxygen atoms in total. The minimum atomic E-state index is -0.0844. The lowest BCUT2D eigenvalue weighted by molar-refractivity contribution is 0.0952. The quantitative estimate of drug-likeness (QED) is 0.771. The second-order valence-corrected chi connectivity index (χ2v) is 4.78. The number of H-pyrrole nitrogens is 1. The third-order valence-corrected chi connectivity index (χ3v) is 3.44. The van der Waals surface area contributed by atoms with E-state index in [-0.39, 0.29) is 5.91 Å². The minimum absolute atomic E-state index is 0.0844. The van der Waals surface area contributed by atoms with Crippen LogP contribution in [0.25, 0.3) is 10.9 Å². The Morgan fingerprint density at radius 2 is 1.95 bits per heavy atom. The Morgan fingerprint density at radius 3 is 2.71 bits per heavy atom. The van der Waals surface area contributed by atoms with Crippen molar-refractivity contribution in [3.63, 3.8) is 0 Å². The van der Waals surface area contributed by atoms with Gasteiger partial charge in [0.15, 0.2) is 0 Å². The first kappa shape index (κ1) is 13.2. The number of hydrogen-bond donors (Lipinski definition) is 2. The van der Waals surface area contributed by atoms with Gasteiger partial charge >= 0.3 is 0 Å². The van der Waals surface area contributed by atoms with Crippen molar-refractivity contribution in [1.82, 2.24) is 10.3 Å². The smallest absolute Gasteiger partial charge is 0.253 e. The van der Waals surface area contributed by atoms with E-state index in [1.165, 1.54) is 0 Å². The number of carbonyl (C=O) groups is 1. The third kappa shape index (κ3) is 2.74. The monoisotopic (exact) mass is 280 g/mol. The zero-order chi connectivity index (χ0) is 14.7. The summed E-state index contributed by atoms with van der Waals surface area (Å²) in [5, 5.41) is 3.97. The van der Waals surface area contributed by atoms with E-state index in [0.717, 1.165) is 22.2 Å². The molecule has 4 heteroatoms. The van der Waals surface area contributed by atoms with Gasteiger partial charge in [-0.05, 0) is 29.8 Å². The maximum atomic E-state index is 12.3. The van der Waals surface area contributed by atoms with Crippen LogP contribution < -0.4 is 10.1 Å². The molecule has 0 saturated carbocycles. The first-order chi connectivity index (χ1) is 10.3. The minimum Gasteiger partial charge on any atom is -0.497 e. The Labute approximate surface area is 122 Å². The van der Waals surface area contributed by atoms with Crippen molar-refractivity contribution in [2.45, 2.75) is 6.54 Å².